The molecule has 2 heterocycles. The van der Waals surface area contributed by atoms with Gasteiger partial charge in [0.2, 0.25) is 11.8 Å². The summed E-state index contributed by atoms with van der Waals surface area (Å²) < 4.78 is 0. The Morgan fingerprint density at radius 3 is 2.83 bits per heavy atom. The van der Waals surface area contributed by atoms with Crippen LogP contribution in [0.3, 0.4) is 0 Å². The second-order valence-corrected chi connectivity index (χ2v) is 5.79. The summed E-state index contributed by atoms with van der Waals surface area (Å²) in [4.78, 5) is 30.3. The molecular formula is C18H20N4O2. The number of aromatic nitrogens is 1. The average Bonchev–Trinajstić information content (AvgIpc) is 2.73. The van der Waals surface area contributed by atoms with Crippen molar-refractivity contribution in [2.75, 3.05) is 17.2 Å². The van der Waals surface area contributed by atoms with Crippen LogP contribution in [0.1, 0.15) is 24.1 Å². The number of nitrogens with two attached hydrogens (primary N) is 1. The molecule has 0 radical (unpaired) electrons. The Kier molecular flexibility index (Phi) is 4.74. The number of aryl methyl sites for hydroxylation is 1. The molecule has 2 amide bonds. The van der Waals surface area contributed by atoms with Crippen molar-refractivity contribution < 1.29 is 9.59 Å². The number of para-hydroxylation sites is 1. The van der Waals surface area contributed by atoms with Crippen molar-refractivity contribution in [1.29, 1.82) is 0 Å². The topological polar surface area (TPSA) is 88.3 Å². The summed E-state index contributed by atoms with van der Waals surface area (Å²) in [5.74, 6) is 0.180. The van der Waals surface area contributed by atoms with Gasteiger partial charge in [-0.15, -0.1) is 0 Å². The predicted molar refractivity (Wildman–Crippen MR) is 92.2 cm³/mol. The molecule has 0 saturated carbocycles. The van der Waals surface area contributed by atoms with Crippen LogP contribution in [0, 0.1) is 0 Å². The van der Waals surface area contributed by atoms with Crippen molar-refractivity contribution in [3.8, 4) is 0 Å². The first kappa shape index (κ1) is 16.0. The van der Waals surface area contributed by atoms with Gasteiger partial charge >= 0.3 is 0 Å². The molecule has 124 valence electrons. The monoisotopic (exact) mass is 324 g/mol. The zero-order chi connectivity index (χ0) is 16.9. The standard InChI is InChI=1S/C18H20N4O2/c19-16-9-4-7-14(21-16)11-20-17(23)12-22-15-8-2-1-5-13(15)6-3-10-18(22)24/h1-2,4-5,7-9H,3,6,10-12H2,(H2,19,21)(H,20,23). The Morgan fingerprint density at radius 1 is 1.17 bits per heavy atom. The van der Waals surface area contributed by atoms with E-state index in [1.54, 1.807) is 23.1 Å². The van der Waals surface area contributed by atoms with E-state index >= 15 is 0 Å². The third kappa shape index (κ3) is 3.71. The van der Waals surface area contributed by atoms with Gasteiger partial charge in [-0.1, -0.05) is 24.3 Å². The summed E-state index contributed by atoms with van der Waals surface area (Å²) in [7, 11) is 0. The van der Waals surface area contributed by atoms with Crippen LogP contribution in [0.5, 0.6) is 0 Å². The van der Waals surface area contributed by atoms with Gasteiger partial charge in [-0.3, -0.25) is 9.59 Å². The van der Waals surface area contributed by atoms with Crippen molar-refractivity contribution >= 4 is 23.3 Å². The summed E-state index contributed by atoms with van der Waals surface area (Å²) in [5, 5.41) is 2.79. The molecule has 1 aromatic carbocycles. The molecule has 6 nitrogen and oxygen atoms in total. The van der Waals surface area contributed by atoms with E-state index in [0.29, 0.717) is 17.9 Å². The molecule has 6 heteroatoms. The minimum atomic E-state index is -0.218. The van der Waals surface area contributed by atoms with Crippen LogP contribution < -0.4 is 16.0 Å². The van der Waals surface area contributed by atoms with Crippen LogP contribution in [0.25, 0.3) is 0 Å². The van der Waals surface area contributed by atoms with Crippen molar-refractivity contribution in [2.24, 2.45) is 0 Å². The molecule has 24 heavy (non-hydrogen) atoms. The molecule has 0 bridgehead atoms. The SMILES string of the molecule is Nc1cccc(CNC(=O)CN2C(=O)CCCc3ccccc32)n1. The first-order valence-electron chi connectivity index (χ1n) is 8.00. The number of amides is 2. The zero-order valence-corrected chi connectivity index (χ0v) is 13.4. The number of hydrogen-bond donors (Lipinski definition) is 2. The van der Waals surface area contributed by atoms with Crippen molar-refractivity contribution in [3.63, 3.8) is 0 Å². The summed E-state index contributed by atoms with van der Waals surface area (Å²) in [6, 6.07) is 13.0. The maximum Gasteiger partial charge on any atom is 0.240 e. The molecule has 3 rings (SSSR count). The molecule has 0 unspecified atom stereocenters. The van der Waals surface area contributed by atoms with Gasteiger partial charge in [0.15, 0.2) is 0 Å². The van der Waals surface area contributed by atoms with Gasteiger partial charge in [0, 0.05) is 12.1 Å². The van der Waals surface area contributed by atoms with E-state index in [1.165, 1.54) is 0 Å². The normalized spacial score (nSPS) is 14.0. The number of rotatable bonds is 4. The summed E-state index contributed by atoms with van der Waals surface area (Å²) in [6.07, 6.45) is 2.12. The lowest BCUT2D eigenvalue weighted by Crippen LogP contribution is -2.40. The van der Waals surface area contributed by atoms with Crippen LogP contribution in [0.2, 0.25) is 0 Å². The molecule has 1 aromatic heterocycles. The molecular weight excluding hydrogens is 304 g/mol. The fourth-order valence-corrected chi connectivity index (χ4v) is 2.84. The lowest BCUT2D eigenvalue weighted by atomic mass is 10.1. The fraction of sp³-hybridized carbons (Fsp3) is 0.278. The smallest absolute Gasteiger partial charge is 0.240 e. The number of hydrogen-bond acceptors (Lipinski definition) is 4. The Balaban J connectivity index is 1.68. The fourth-order valence-electron chi connectivity index (χ4n) is 2.84. The number of pyridine rings is 1. The quantitative estimate of drug-likeness (QED) is 0.895. The van der Waals surface area contributed by atoms with E-state index < -0.39 is 0 Å². The third-order valence-corrected chi connectivity index (χ3v) is 4.02. The van der Waals surface area contributed by atoms with E-state index in [-0.39, 0.29) is 24.9 Å². The largest absolute Gasteiger partial charge is 0.384 e. The van der Waals surface area contributed by atoms with Crippen molar-refractivity contribution in [2.45, 2.75) is 25.8 Å². The summed E-state index contributed by atoms with van der Waals surface area (Å²) in [6.45, 7) is 0.297. The molecule has 0 fully saturated rings. The van der Waals surface area contributed by atoms with E-state index in [0.717, 1.165) is 24.1 Å². The second-order valence-electron chi connectivity index (χ2n) is 5.79. The highest BCUT2D eigenvalue weighted by molar-refractivity contribution is 5.99. The lowest BCUT2D eigenvalue weighted by molar-refractivity contribution is -0.123. The molecule has 3 N–H and O–H groups in total. The van der Waals surface area contributed by atoms with Gasteiger partial charge in [-0.25, -0.2) is 4.98 Å². The van der Waals surface area contributed by atoms with Gasteiger partial charge in [-0.2, -0.15) is 0 Å². The highest BCUT2D eigenvalue weighted by Crippen LogP contribution is 2.26. The van der Waals surface area contributed by atoms with E-state index in [2.05, 4.69) is 10.3 Å². The van der Waals surface area contributed by atoms with Crippen LogP contribution in [0.4, 0.5) is 11.5 Å². The first-order valence-corrected chi connectivity index (χ1v) is 8.00. The van der Waals surface area contributed by atoms with Crippen molar-refractivity contribution in [1.82, 2.24) is 10.3 Å². The van der Waals surface area contributed by atoms with Crippen LogP contribution >= 0.6 is 0 Å². The molecule has 1 aliphatic rings. The van der Waals surface area contributed by atoms with Crippen LogP contribution in [0.15, 0.2) is 42.5 Å². The molecule has 0 atom stereocenters. The second kappa shape index (κ2) is 7.12. The minimum Gasteiger partial charge on any atom is -0.384 e. The lowest BCUT2D eigenvalue weighted by Gasteiger charge is -2.22. The number of anilines is 2. The van der Waals surface area contributed by atoms with Gasteiger partial charge in [0.25, 0.3) is 0 Å². The number of fused-ring (bicyclic) bond motifs is 1. The highest BCUT2D eigenvalue weighted by atomic mass is 16.2. The maximum atomic E-state index is 12.3. The van der Waals surface area contributed by atoms with Gasteiger partial charge in [-0.05, 0) is 36.6 Å². The van der Waals surface area contributed by atoms with Gasteiger partial charge in [0.05, 0.1) is 12.2 Å². The van der Waals surface area contributed by atoms with Crippen LogP contribution in [-0.4, -0.2) is 23.3 Å². The Morgan fingerprint density at radius 2 is 2.00 bits per heavy atom. The molecule has 0 aliphatic carbocycles. The van der Waals surface area contributed by atoms with Crippen LogP contribution in [-0.2, 0) is 22.6 Å². The highest BCUT2D eigenvalue weighted by Gasteiger charge is 2.23. The number of benzene rings is 1. The zero-order valence-electron chi connectivity index (χ0n) is 13.4. The minimum absolute atomic E-state index is 0.0121. The third-order valence-electron chi connectivity index (χ3n) is 4.02. The number of nitrogens with zero attached hydrogens (tertiary/aromatic N) is 2. The van der Waals surface area contributed by atoms with Gasteiger partial charge < -0.3 is 16.0 Å². The van der Waals surface area contributed by atoms with Gasteiger partial charge in [0.1, 0.15) is 12.4 Å². The Bertz CT molecular complexity index is 760. The van der Waals surface area contributed by atoms with E-state index in [9.17, 15) is 9.59 Å². The summed E-state index contributed by atoms with van der Waals surface area (Å²) in [5.41, 5.74) is 8.25. The number of nitrogens with one attached hydrogen (secondary N) is 1. The van der Waals surface area contributed by atoms with E-state index in [1.807, 2.05) is 24.3 Å². The average molecular weight is 324 g/mol. The Labute approximate surface area is 140 Å². The Hall–Kier alpha value is -2.89. The molecule has 0 spiro atoms. The predicted octanol–water partition coefficient (Wildman–Crippen LogP) is 1.65. The molecule has 2 aromatic rings. The number of carbonyl (C=O) groups is 2. The number of nitrogen functional groups attached to an aromatic ring is 1. The van der Waals surface area contributed by atoms with Crippen molar-refractivity contribution in [3.05, 3.63) is 53.7 Å². The van der Waals surface area contributed by atoms with E-state index in [4.69, 9.17) is 5.73 Å². The first-order chi connectivity index (χ1) is 11.6. The molecule has 0 saturated heterocycles. The summed E-state index contributed by atoms with van der Waals surface area (Å²) >= 11 is 0. The maximum absolute atomic E-state index is 12.3. The number of carbonyl (C=O) groups excluding carboxylic acids is 2. The molecule has 1 aliphatic heterocycles.